The van der Waals surface area contributed by atoms with Gasteiger partial charge in [0.1, 0.15) is 0 Å². The van der Waals surface area contributed by atoms with Crippen molar-refractivity contribution in [1.29, 1.82) is 5.26 Å². The zero-order valence-electron chi connectivity index (χ0n) is 8.67. The summed E-state index contributed by atoms with van der Waals surface area (Å²) in [6, 6.07) is 9.19. The van der Waals surface area contributed by atoms with E-state index in [1.165, 1.54) is 16.4 Å². The second-order valence-corrected chi connectivity index (χ2v) is 4.51. The van der Waals surface area contributed by atoms with Crippen LogP contribution < -0.4 is 5.84 Å². The van der Waals surface area contributed by atoms with Crippen molar-refractivity contribution in [2.75, 3.05) is 11.6 Å². The molecule has 0 fully saturated rings. The first-order valence-electron chi connectivity index (χ1n) is 4.68. The number of aromatic nitrogens is 3. The lowest BCUT2D eigenvalue weighted by Gasteiger charge is -2.02. The van der Waals surface area contributed by atoms with E-state index in [1.54, 1.807) is 12.1 Å². The van der Waals surface area contributed by atoms with Crippen LogP contribution in [0.2, 0.25) is 5.02 Å². The Morgan fingerprint density at radius 1 is 1.47 bits per heavy atom. The number of benzene rings is 1. The van der Waals surface area contributed by atoms with Crippen LogP contribution in [0.15, 0.2) is 29.4 Å². The van der Waals surface area contributed by atoms with E-state index in [0.29, 0.717) is 16.0 Å². The number of hydrogen-bond donors (Lipinski definition) is 1. The molecule has 0 radical (unpaired) electrons. The molecular weight excluding hydrogens is 258 g/mol. The fraction of sp³-hybridized carbons (Fsp3) is 0.100. The predicted octanol–water partition coefficient (Wildman–Crippen LogP) is 1.93. The number of thioether (sulfide) groups is 1. The van der Waals surface area contributed by atoms with Gasteiger partial charge in [-0.1, -0.05) is 35.5 Å². The molecule has 0 saturated heterocycles. The summed E-state index contributed by atoms with van der Waals surface area (Å²) in [4.78, 5) is 0. The lowest BCUT2D eigenvalue weighted by molar-refractivity contribution is 0.851. The van der Waals surface area contributed by atoms with Crippen molar-refractivity contribution in [2.24, 2.45) is 0 Å². The van der Waals surface area contributed by atoms with Gasteiger partial charge >= 0.3 is 0 Å². The molecule has 0 spiro atoms. The summed E-state index contributed by atoms with van der Waals surface area (Å²) in [5.74, 6) is 6.65. The van der Waals surface area contributed by atoms with Crippen molar-refractivity contribution < 1.29 is 0 Å². The molecule has 0 aliphatic rings. The Morgan fingerprint density at radius 3 is 3.00 bits per heavy atom. The highest BCUT2D eigenvalue weighted by Crippen LogP contribution is 2.23. The maximum absolute atomic E-state index is 8.49. The van der Waals surface area contributed by atoms with Gasteiger partial charge in [-0.3, -0.25) is 0 Å². The summed E-state index contributed by atoms with van der Waals surface area (Å²) in [6.07, 6.45) is 0. The van der Waals surface area contributed by atoms with Gasteiger partial charge in [0.05, 0.1) is 11.8 Å². The van der Waals surface area contributed by atoms with Gasteiger partial charge in [-0.2, -0.15) is 5.26 Å². The molecule has 1 aromatic heterocycles. The van der Waals surface area contributed by atoms with Crippen molar-refractivity contribution in [3.05, 3.63) is 29.3 Å². The molecule has 0 aliphatic carbocycles. The van der Waals surface area contributed by atoms with E-state index in [-0.39, 0.29) is 5.75 Å². The minimum Gasteiger partial charge on any atom is -0.335 e. The normalized spacial score (nSPS) is 10.1. The van der Waals surface area contributed by atoms with Crippen LogP contribution in [-0.2, 0) is 0 Å². The maximum Gasteiger partial charge on any atom is 0.211 e. The summed E-state index contributed by atoms with van der Waals surface area (Å²) in [7, 11) is 0. The number of nitrogens with zero attached hydrogens (tertiary/aromatic N) is 4. The molecule has 86 valence electrons. The second-order valence-electron chi connectivity index (χ2n) is 3.13. The minimum absolute atomic E-state index is 0.283. The zero-order valence-corrected chi connectivity index (χ0v) is 10.2. The van der Waals surface area contributed by atoms with Crippen LogP contribution in [0.25, 0.3) is 11.4 Å². The fourth-order valence-corrected chi connectivity index (χ4v) is 2.00. The van der Waals surface area contributed by atoms with E-state index in [4.69, 9.17) is 22.7 Å². The molecule has 2 N–H and O–H groups in total. The summed E-state index contributed by atoms with van der Waals surface area (Å²) in [6.45, 7) is 0. The highest BCUT2D eigenvalue weighted by molar-refractivity contribution is 7.99. The fourth-order valence-electron chi connectivity index (χ4n) is 1.30. The molecule has 1 aromatic carbocycles. The van der Waals surface area contributed by atoms with Crippen molar-refractivity contribution in [3.63, 3.8) is 0 Å². The van der Waals surface area contributed by atoms with E-state index in [2.05, 4.69) is 10.2 Å². The highest BCUT2D eigenvalue weighted by atomic mass is 35.5. The Hall–Kier alpha value is -1.71. The quantitative estimate of drug-likeness (QED) is 0.677. The molecule has 1 heterocycles. The Balaban J connectivity index is 2.34. The number of halogens is 1. The van der Waals surface area contributed by atoms with Crippen LogP contribution in [0.4, 0.5) is 0 Å². The summed E-state index contributed by atoms with van der Waals surface area (Å²) >= 11 is 7.13. The summed E-state index contributed by atoms with van der Waals surface area (Å²) in [5.41, 5.74) is 0.788. The molecule has 0 atom stereocenters. The molecule has 2 aromatic rings. The van der Waals surface area contributed by atoms with Gasteiger partial charge < -0.3 is 5.84 Å². The molecule has 2 rings (SSSR count). The second kappa shape index (κ2) is 5.08. The Kier molecular flexibility index (Phi) is 3.52. The smallest absolute Gasteiger partial charge is 0.211 e. The van der Waals surface area contributed by atoms with Crippen molar-refractivity contribution in [1.82, 2.24) is 14.9 Å². The molecule has 0 unspecified atom stereocenters. The van der Waals surface area contributed by atoms with Crippen LogP contribution in [0.1, 0.15) is 0 Å². The van der Waals surface area contributed by atoms with Gasteiger partial charge in [-0.05, 0) is 12.1 Å². The van der Waals surface area contributed by atoms with Crippen LogP contribution in [-0.4, -0.2) is 20.6 Å². The Morgan fingerprint density at radius 2 is 2.29 bits per heavy atom. The average Bonchev–Trinajstić information content (AvgIpc) is 2.68. The number of nitrogens with two attached hydrogens (primary N) is 1. The van der Waals surface area contributed by atoms with E-state index in [9.17, 15) is 0 Å². The largest absolute Gasteiger partial charge is 0.335 e. The highest BCUT2D eigenvalue weighted by Gasteiger charge is 2.11. The Labute approximate surface area is 107 Å². The van der Waals surface area contributed by atoms with Crippen molar-refractivity contribution in [2.45, 2.75) is 5.16 Å². The number of hydrogen-bond acceptors (Lipinski definition) is 5. The third-order valence-electron chi connectivity index (χ3n) is 2.01. The van der Waals surface area contributed by atoms with Crippen molar-refractivity contribution >= 4 is 23.4 Å². The third-order valence-corrected chi connectivity index (χ3v) is 3.06. The molecular formula is C10H8ClN5S. The van der Waals surface area contributed by atoms with Gasteiger partial charge in [0.2, 0.25) is 5.16 Å². The van der Waals surface area contributed by atoms with E-state index in [1.807, 2.05) is 18.2 Å². The van der Waals surface area contributed by atoms with E-state index in [0.717, 1.165) is 5.56 Å². The molecule has 5 nitrogen and oxygen atoms in total. The lowest BCUT2D eigenvalue weighted by Crippen LogP contribution is -2.11. The van der Waals surface area contributed by atoms with Gasteiger partial charge in [0.15, 0.2) is 5.82 Å². The zero-order chi connectivity index (χ0) is 12.3. The first kappa shape index (κ1) is 11.8. The van der Waals surface area contributed by atoms with Crippen LogP contribution in [0, 0.1) is 11.3 Å². The first-order chi connectivity index (χ1) is 8.22. The number of nitrogen functional groups attached to an aromatic ring is 1. The average molecular weight is 266 g/mol. The van der Waals surface area contributed by atoms with Crippen LogP contribution in [0.3, 0.4) is 0 Å². The SMILES string of the molecule is N#CCSc1nnc(-c2cccc(Cl)c2)n1N. The summed E-state index contributed by atoms with van der Waals surface area (Å²) in [5, 5.41) is 17.5. The summed E-state index contributed by atoms with van der Waals surface area (Å²) < 4.78 is 1.35. The molecule has 0 amide bonds. The van der Waals surface area contributed by atoms with Gasteiger partial charge in [0, 0.05) is 10.6 Å². The number of nitriles is 1. The van der Waals surface area contributed by atoms with E-state index >= 15 is 0 Å². The van der Waals surface area contributed by atoms with Crippen LogP contribution in [0.5, 0.6) is 0 Å². The molecule has 0 aliphatic heterocycles. The molecule has 0 saturated carbocycles. The number of rotatable bonds is 3. The minimum atomic E-state index is 0.283. The molecule has 17 heavy (non-hydrogen) atoms. The van der Waals surface area contributed by atoms with Gasteiger partial charge in [-0.25, -0.2) is 4.68 Å². The first-order valence-corrected chi connectivity index (χ1v) is 6.05. The molecule has 7 heteroatoms. The third kappa shape index (κ3) is 2.52. The standard InChI is InChI=1S/C10H8ClN5S/c11-8-3-1-2-7(6-8)9-14-15-10(16(9)13)17-5-4-12/h1-3,6H,5,13H2. The van der Waals surface area contributed by atoms with Gasteiger partial charge in [-0.15, -0.1) is 10.2 Å². The van der Waals surface area contributed by atoms with Gasteiger partial charge in [0.25, 0.3) is 0 Å². The lowest BCUT2D eigenvalue weighted by atomic mass is 10.2. The predicted molar refractivity (Wildman–Crippen MR) is 67.0 cm³/mol. The maximum atomic E-state index is 8.49. The van der Waals surface area contributed by atoms with E-state index < -0.39 is 0 Å². The topological polar surface area (TPSA) is 80.5 Å². The Bertz CT molecular complexity index is 574. The van der Waals surface area contributed by atoms with Crippen LogP contribution >= 0.6 is 23.4 Å². The monoisotopic (exact) mass is 265 g/mol. The van der Waals surface area contributed by atoms with Crippen molar-refractivity contribution in [3.8, 4) is 17.5 Å². The molecule has 0 bridgehead atoms.